The third-order valence-corrected chi connectivity index (χ3v) is 3.09. The maximum absolute atomic E-state index is 9.65. The summed E-state index contributed by atoms with van der Waals surface area (Å²) in [4.78, 5) is 4.27. The van der Waals surface area contributed by atoms with Crippen LogP contribution in [0, 0.1) is 0 Å². The van der Waals surface area contributed by atoms with Gasteiger partial charge in [0.2, 0.25) is 0 Å². The van der Waals surface area contributed by atoms with E-state index in [1.54, 1.807) is 16.8 Å². The predicted molar refractivity (Wildman–Crippen MR) is 75.5 cm³/mol. The third-order valence-electron chi connectivity index (χ3n) is 3.09. The molecule has 0 saturated carbocycles. The first-order valence-electron chi connectivity index (χ1n) is 6.50. The van der Waals surface area contributed by atoms with E-state index in [1.165, 1.54) is 0 Å². The number of nitrogens with zero attached hydrogens (tertiary/aromatic N) is 3. The van der Waals surface area contributed by atoms with Gasteiger partial charge in [-0.05, 0) is 25.1 Å². The Kier molecular flexibility index (Phi) is 3.35. The molecule has 0 spiro atoms. The molecule has 5 nitrogen and oxygen atoms in total. The molecule has 3 rings (SSSR count). The Hall–Kier alpha value is -2.40. The molecule has 0 radical (unpaired) electrons. The number of aromatic nitrogens is 3. The minimum atomic E-state index is -0.115. The summed E-state index contributed by atoms with van der Waals surface area (Å²) >= 11 is 0. The van der Waals surface area contributed by atoms with Gasteiger partial charge in [-0.25, -0.2) is 9.50 Å². The highest BCUT2D eigenvalue weighted by Gasteiger charge is 2.17. The van der Waals surface area contributed by atoms with Crippen molar-refractivity contribution in [1.29, 1.82) is 0 Å². The molecule has 1 N–H and O–H groups in total. The number of aliphatic hydroxyl groups is 1. The SMILES string of the molecule is CCOc1ccccc1-c1nn2cccnc2c1CO. The van der Waals surface area contributed by atoms with Gasteiger partial charge in [-0.1, -0.05) is 12.1 Å². The van der Waals surface area contributed by atoms with E-state index in [0.717, 1.165) is 11.3 Å². The lowest BCUT2D eigenvalue weighted by atomic mass is 10.1. The van der Waals surface area contributed by atoms with Gasteiger partial charge in [0.15, 0.2) is 5.65 Å². The molecule has 1 aromatic carbocycles. The molecule has 0 aliphatic carbocycles. The van der Waals surface area contributed by atoms with Gasteiger partial charge in [-0.15, -0.1) is 0 Å². The molecule has 102 valence electrons. The second kappa shape index (κ2) is 5.30. The van der Waals surface area contributed by atoms with Gasteiger partial charge in [-0.3, -0.25) is 0 Å². The van der Waals surface area contributed by atoms with E-state index in [1.807, 2.05) is 37.4 Å². The number of hydrogen-bond acceptors (Lipinski definition) is 4. The van der Waals surface area contributed by atoms with Crippen LogP contribution < -0.4 is 4.74 Å². The van der Waals surface area contributed by atoms with Gasteiger partial charge in [0.25, 0.3) is 0 Å². The Morgan fingerprint density at radius 1 is 1.25 bits per heavy atom. The predicted octanol–water partition coefficient (Wildman–Crippen LogP) is 2.29. The van der Waals surface area contributed by atoms with E-state index in [0.29, 0.717) is 23.5 Å². The van der Waals surface area contributed by atoms with Crippen LogP contribution in [0.3, 0.4) is 0 Å². The number of para-hydroxylation sites is 1. The summed E-state index contributed by atoms with van der Waals surface area (Å²) in [7, 11) is 0. The van der Waals surface area contributed by atoms with Crippen molar-refractivity contribution in [2.24, 2.45) is 0 Å². The number of benzene rings is 1. The molecule has 5 heteroatoms. The number of fused-ring (bicyclic) bond motifs is 1. The van der Waals surface area contributed by atoms with Crippen LogP contribution in [-0.4, -0.2) is 26.3 Å². The van der Waals surface area contributed by atoms with E-state index in [4.69, 9.17) is 4.74 Å². The summed E-state index contributed by atoms with van der Waals surface area (Å²) in [6, 6.07) is 9.49. The lowest BCUT2D eigenvalue weighted by Gasteiger charge is -2.08. The lowest BCUT2D eigenvalue weighted by molar-refractivity contribution is 0.283. The standard InChI is InChI=1S/C15H15N3O2/c1-2-20-13-7-4-3-6-11(13)14-12(10-19)15-16-8-5-9-18(15)17-14/h3-9,19H,2,10H2,1H3. The molecule has 3 aromatic rings. The third kappa shape index (κ3) is 2.02. The Morgan fingerprint density at radius 2 is 2.10 bits per heavy atom. The average Bonchev–Trinajstić information content (AvgIpc) is 2.86. The van der Waals surface area contributed by atoms with Crippen molar-refractivity contribution in [3.05, 3.63) is 48.3 Å². The van der Waals surface area contributed by atoms with Crippen LogP contribution in [0.25, 0.3) is 16.9 Å². The van der Waals surface area contributed by atoms with Crippen molar-refractivity contribution in [3.8, 4) is 17.0 Å². The van der Waals surface area contributed by atoms with Gasteiger partial charge in [0.1, 0.15) is 11.4 Å². The van der Waals surface area contributed by atoms with Crippen LogP contribution in [0.4, 0.5) is 0 Å². The summed E-state index contributed by atoms with van der Waals surface area (Å²) in [5, 5.41) is 14.2. The summed E-state index contributed by atoms with van der Waals surface area (Å²) in [6.45, 7) is 2.41. The minimum absolute atomic E-state index is 0.115. The second-order valence-corrected chi connectivity index (χ2v) is 4.30. The fraction of sp³-hybridized carbons (Fsp3) is 0.200. The Labute approximate surface area is 116 Å². The zero-order valence-electron chi connectivity index (χ0n) is 11.2. The number of rotatable bonds is 4. The van der Waals surface area contributed by atoms with Crippen molar-refractivity contribution in [2.75, 3.05) is 6.61 Å². The molecule has 0 amide bonds. The first kappa shape index (κ1) is 12.6. The maximum Gasteiger partial charge on any atom is 0.161 e. The molecule has 0 atom stereocenters. The van der Waals surface area contributed by atoms with Crippen molar-refractivity contribution in [2.45, 2.75) is 13.5 Å². The van der Waals surface area contributed by atoms with Gasteiger partial charge < -0.3 is 9.84 Å². The van der Waals surface area contributed by atoms with Crippen LogP contribution in [-0.2, 0) is 6.61 Å². The molecule has 0 aliphatic heterocycles. The fourth-order valence-electron chi connectivity index (χ4n) is 2.24. The molecule has 0 aliphatic rings. The van der Waals surface area contributed by atoms with Crippen molar-refractivity contribution in [3.63, 3.8) is 0 Å². The van der Waals surface area contributed by atoms with E-state index in [2.05, 4.69) is 10.1 Å². The molecule has 2 heterocycles. The summed E-state index contributed by atoms with van der Waals surface area (Å²) in [5.74, 6) is 0.758. The largest absolute Gasteiger partial charge is 0.493 e. The second-order valence-electron chi connectivity index (χ2n) is 4.30. The van der Waals surface area contributed by atoms with Crippen molar-refractivity contribution in [1.82, 2.24) is 14.6 Å². The fourth-order valence-corrected chi connectivity index (χ4v) is 2.24. The van der Waals surface area contributed by atoms with E-state index >= 15 is 0 Å². The van der Waals surface area contributed by atoms with Gasteiger partial charge in [0, 0.05) is 18.0 Å². The van der Waals surface area contributed by atoms with E-state index in [9.17, 15) is 5.11 Å². The van der Waals surface area contributed by atoms with Crippen LogP contribution in [0.2, 0.25) is 0 Å². The smallest absolute Gasteiger partial charge is 0.161 e. The van der Waals surface area contributed by atoms with Gasteiger partial charge >= 0.3 is 0 Å². The maximum atomic E-state index is 9.65. The van der Waals surface area contributed by atoms with E-state index < -0.39 is 0 Å². The van der Waals surface area contributed by atoms with Crippen molar-refractivity contribution >= 4 is 5.65 Å². The number of hydrogen-bond donors (Lipinski definition) is 1. The minimum Gasteiger partial charge on any atom is -0.493 e. The average molecular weight is 269 g/mol. The lowest BCUT2D eigenvalue weighted by Crippen LogP contribution is -1.95. The van der Waals surface area contributed by atoms with Gasteiger partial charge in [0.05, 0.1) is 18.8 Å². The molecule has 20 heavy (non-hydrogen) atoms. The van der Waals surface area contributed by atoms with Crippen LogP contribution in [0.5, 0.6) is 5.75 Å². The monoisotopic (exact) mass is 269 g/mol. The summed E-state index contributed by atoms with van der Waals surface area (Å²) in [6.07, 6.45) is 3.50. The zero-order valence-corrected chi connectivity index (χ0v) is 11.2. The quantitative estimate of drug-likeness (QED) is 0.789. The normalized spacial score (nSPS) is 10.9. The number of ether oxygens (including phenoxy) is 1. The number of aliphatic hydroxyl groups excluding tert-OH is 1. The molecular weight excluding hydrogens is 254 g/mol. The molecular formula is C15H15N3O2. The molecule has 0 bridgehead atoms. The van der Waals surface area contributed by atoms with E-state index in [-0.39, 0.29) is 6.61 Å². The molecule has 0 fully saturated rings. The summed E-state index contributed by atoms with van der Waals surface area (Å²) in [5.41, 5.74) is 2.94. The Bertz CT molecular complexity index is 737. The van der Waals surface area contributed by atoms with Crippen molar-refractivity contribution < 1.29 is 9.84 Å². The topological polar surface area (TPSA) is 59.7 Å². The summed E-state index contributed by atoms with van der Waals surface area (Å²) < 4.78 is 7.31. The molecule has 2 aromatic heterocycles. The van der Waals surface area contributed by atoms with Gasteiger partial charge in [-0.2, -0.15) is 5.10 Å². The van der Waals surface area contributed by atoms with Crippen LogP contribution in [0.1, 0.15) is 12.5 Å². The zero-order chi connectivity index (χ0) is 13.9. The highest BCUT2D eigenvalue weighted by molar-refractivity contribution is 5.74. The molecule has 0 unspecified atom stereocenters. The first-order valence-corrected chi connectivity index (χ1v) is 6.50. The Balaban J connectivity index is 2.24. The molecule has 0 saturated heterocycles. The van der Waals surface area contributed by atoms with Crippen LogP contribution >= 0.6 is 0 Å². The Morgan fingerprint density at radius 3 is 2.90 bits per heavy atom. The highest BCUT2D eigenvalue weighted by atomic mass is 16.5. The highest BCUT2D eigenvalue weighted by Crippen LogP contribution is 2.32. The van der Waals surface area contributed by atoms with Crippen LogP contribution in [0.15, 0.2) is 42.7 Å². The first-order chi connectivity index (χ1) is 9.85.